The van der Waals surface area contributed by atoms with Gasteiger partial charge in [-0.25, -0.2) is 4.39 Å². The van der Waals surface area contributed by atoms with Gasteiger partial charge >= 0.3 is 5.97 Å². The Morgan fingerprint density at radius 3 is 2.64 bits per heavy atom. The van der Waals surface area contributed by atoms with Gasteiger partial charge < -0.3 is 15.0 Å². The molecule has 0 aliphatic carbocycles. The van der Waals surface area contributed by atoms with Crippen LogP contribution in [0.15, 0.2) is 54.7 Å². The molecule has 0 saturated carbocycles. The van der Waals surface area contributed by atoms with E-state index in [1.54, 1.807) is 19.1 Å². The molecular formula is C20H21FN2O2. The quantitative estimate of drug-likeness (QED) is 0.701. The van der Waals surface area contributed by atoms with Crippen LogP contribution >= 0.6 is 0 Å². The summed E-state index contributed by atoms with van der Waals surface area (Å²) >= 11 is 0. The minimum atomic E-state index is -0.690. The van der Waals surface area contributed by atoms with Gasteiger partial charge in [-0.05, 0) is 36.2 Å². The zero-order chi connectivity index (χ0) is 17.8. The van der Waals surface area contributed by atoms with E-state index in [1.165, 1.54) is 12.1 Å². The van der Waals surface area contributed by atoms with Crippen molar-refractivity contribution in [2.24, 2.45) is 5.73 Å². The molecule has 0 amide bonds. The third-order valence-electron chi connectivity index (χ3n) is 4.17. The average molecular weight is 340 g/mol. The van der Waals surface area contributed by atoms with Crippen LogP contribution in [-0.2, 0) is 22.5 Å². The summed E-state index contributed by atoms with van der Waals surface area (Å²) in [4.78, 5) is 11.8. The van der Waals surface area contributed by atoms with Crippen LogP contribution in [0.5, 0.6) is 0 Å². The number of aromatic nitrogens is 1. The van der Waals surface area contributed by atoms with Crippen molar-refractivity contribution < 1.29 is 13.9 Å². The highest BCUT2D eigenvalue weighted by Crippen LogP contribution is 2.23. The highest BCUT2D eigenvalue weighted by molar-refractivity contribution is 5.85. The van der Waals surface area contributed by atoms with Crippen LogP contribution in [0.1, 0.15) is 18.1 Å². The fraction of sp³-hybridized carbons (Fsp3) is 0.250. The number of nitrogens with zero attached hydrogens (tertiary/aromatic N) is 1. The third kappa shape index (κ3) is 3.88. The average Bonchev–Trinajstić information content (AvgIpc) is 2.95. The molecule has 5 heteroatoms. The second-order valence-corrected chi connectivity index (χ2v) is 5.99. The lowest BCUT2D eigenvalue weighted by atomic mass is 10.1. The predicted octanol–water partition coefficient (Wildman–Crippen LogP) is 3.26. The zero-order valence-corrected chi connectivity index (χ0v) is 14.1. The van der Waals surface area contributed by atoms with Gasteiger partial charge in [-0.2, -0.15) is 0 Å². The molecule has 2 aromatic carbocycles. The van der Waals surface area contributed by atoms with E-state index in [4.69, 9.17) is 10.5 Å². The van der Waals surface area contributed by atoms with Gasteiger partial charge in [0, 0.05) is 30.1 Å². The summed E-state index contributed by atoms with van der Waals surface area (Å²) in [6, 6.07) is 13.7. The molecule has 1 atom stereocenters. The number of carbonyl (C=O) groups excluding carboxylic acids is 1. The van der Waals surface area contributed by atoms with Crippen molar-refractivity contribution in [2.75, 3.05) is 6.61 Å². The Kier molecular flexibility index (Phi) is 5.14. The van der Waals surface area contributed by atoms with Crippen LogP contribution in [0.4, 0.5) is 4.39 Å². The summed E-state index contributed by atoms with van der Waals surface area (Å²) in [5, 5.41) is 1.06. The number of benzene rings is 2. The number of hydrogen-bond donors (Lipinski definition) is 1. The maximum atomic E-state index is 13.1. The van der Waals surface area contributed by atoms with E-state index in [0.717, 1.165) is 22.0 Å². The second-order valence-electron chi connectivity index (χ2n) is 5.99. The number of esters is 1. The van der Waals surface area contributed by atoms with Crippen molar-refractivity contribution in [1.82, 2.24) is 4.57 Å². The normalized spacial score (nSPS) is 12.3. The van der Waals surface area contributed by atoms with Gasteiger partial charge in [-0.3, -0.25) is 4.79 Å². The summed E-state index contributed by atoms with van der Waals surface area (Å²) in [7, 11) is 0. The third-order valence-corrected chi connectivity index (χ3v) is 4.17. The number of carbonyl (C=O) groups is 1. The molecule has 130 valence electrons. The minimum absolute atomic E-state index is 0.248. The van der Waals surface area contributed by atoms with E-state index >= 15 is 0 Å². The smallest absolute Gasteiger partial charge is 0.323 e. The molecule has 1 heterocycles. The topological polar surface area (TPSA) is 57.2 Å². The van der Waals surface area contributed by atoms with Gasteiger partial charge in [-0.15, -0.1) is 0 Å². The van der Waals surface area contributed by atoms with E-state index in [9.17, 15) is 9.18 Å². The summed E-state index contributed by atoms with van der Waals surface area (Å²) in [6.07, 6.45) is 2.42. The van der Waals surface area contributed by atoms with Crippen LogP contribution in [0.2, 0.25) is 0 Å². The van der Waals surface area contributed by atoms with Crippen molar-refractivity contribution >= 4 is 16.9 Å². The van der Waals surface area contributed by atoms with Gasteiger partial charge in [0.05, 0.1) is 6.61 Å². The molecule has 4 nitrogen and oxygen atoms in total. The highest BCUT2D eigenvalue weighted by atomic mass is 19.1. The van der Waals surface area contributed by atoms with E-state index < -0.39 is 12.0 Å². The Morgan fingerprint density at radius 1 is 1.20 bits per heavy atom. The largest absolute Gasteiger partial charge is 0.465 e. The standard InChI is InChI=1S/C20H21FN2O2/c1-2-25-20(24)18(22)11-15-13-23(19-6-4-3-5-17(15)19)12-14-7-9-16(21)10-8-14/h3-10,13,18H,2,11-12,22H2,1H3. The van der Waals surface area contributed by atoms with Gasteiger partial charge in [-0.1, -0.05) is 30.3 Å². The maximum absolute atomic E-state index is 13.1. The van der Waals surface area contributed by atoms with Crippen molar-refractivity contribution in [3.05, 3.63) is 71.7 Å². The number of halogens is 1. The SMILES string of the molecule is CCOC(=O)C(N)Cc1cn(Cc2ccc(F)cc2)c2ccccc12. The molecular weight excluding hydrogens is 319 g/mol. The number of hydrogen-bond acceptors (Lipinski definition) is 3. The first-order valence-electron chi connectivity index (χ1n) is 8.32. The highest BCUT2D eigenvalue weighted by Gasteiger charge is 2.18. The van der Waals surface area contributed by atoms with Crippen LogP contribution in [0.25, 0.3) is 10.9 Å². The van der Waals surface area contributed by atoms with Crippen molar-refractivity contribution in [2.45, 2.75) is 25.9 Å². The number of ether oxygens (including phenoxy) is 1. The first kappa shape index (κ1) is 17.2. The fourth-order valence-electron chi connectivity index (χ4n) is 2.97. The summed E-state index contributed by atoms with van der Waals surface area (Å²) in [5.74, 6) is -0.639. The van der Waals surface area contributed by atoms with Gasteiger partial charge in [0.2, 0.25) is 0 Å². The van der Waals surface area contributed by atoms with Crippen LogP contribution < -0.4 is 5.73 Å². The molecule has 0 spiro atoms. The maximum Gasteiger partial charge on any atom is 0.323 e. The predicted molar refractivity (Wildman–Crippen MR) is 95.8 cm³/mol. The van der Waals surface area contributed by atoms with E-state index in [2.05, 4.69) is 4.57 Å². The Bertz CT molecular complexity index is 871. The van der Waals surface area contributed by atoms with E-state index in [-0.39, 0.29) is 5.82 Å². The number of rotatable bonds is 6. The zero-order valence-electron chi connectivity index (χ0n) is 14.1. The van der Waals surface area contributed by atoms with Crippen LogP contribution in [0, 0.1) is 5.82 Å². The van der Waals surface area contributed by atoms with Gasteiger partial charge in [0.25, 0.3) is 0 Å². The number of nitrogens with two attached hydrogens (primary N) is 1. The Morgan fingerprint density at radius 2 is 1.92 bits per heavy atom. The minimum Gasteiger partial charge on any atom is -0.465 e. The molecule has 0 radical (unpaired) electrons. The Hall–Kier alpha value is -2.66. The fourth-order valence-corrected chi connectivity index (χ4v) is 2.97. The monoisotopic (exact) mass is 340 g/mol. The molecule has 0 saturated heterocycles. The number of fused-ring (bicyclic) bond motifs is 1. The van der Waals surface area contributed by atoms with Crippen molar-refractivity contribution in [3.63, 3.8) is 0 Å². The lowest BCUT2D eigenvalue weighted by Crippen LogP contribution is -2.34. The summed E-state index contributed by atoms with van der Waals surface area (Å²) in [6.45, 7) is 2.70. The Labute approximate surface area is 146 Å². The molecule has 25 heavy (non-hydrogen) atoms. The second kappa shape index (κ2) is 7.49. The molecule has 1 unspecified atom stereocenters. The van der Waals surface area contributed by atoms with E-state index in [0.29, 0.717) is 19.6 Å². The molecule has 3 rings (SSSR count). The molecule has 3 aromatic rings. The van der Waals surface area contributed by atoms with E-state index in [1.807, 2.05) is 30.5 Å². The Balaban J connectivity index is 1.90. The van der Waals surface area contributed by atoms with Gasteiger partial charge in [0.1, 0.15) is 11.9 Å². The lowest BCUT2D eigenvalue weighted by Gasteiger charge is -2.09. The molecule has 0 bridgehead atoms. The van der Waals surface area contributed by atoms with Crippen LogP contribution in [0.3, 0.4) is 0 Å². The molecule has 0 aliphatic heterocycles. The molecule has 2 N–H and O–H groups in total. The molecule has 0 fully saturated rings. The van der Waals surface area contributed by atoms with Gasteiger partial charge in [0.15, 0.2) is 0 Å². The van der Waals surface area contributed by atoms with Crippen molar-refractivity contribution in [3.8, 4) is 0 Å². The summed E-state index contributed by atoms with van der Waals surface area (Å²) < 4.78 is 20.2. The van der Waals surface area contributed by atoms with Crippen LogP contribution in [-0.4, -0.2) is 23.2 Å². The first-order valence-corrected chi connectivity index (χ1v) is 8.32. The first-order chi connectivity index (χ1) is 12.1. The number of para-hydroxylation sites is 1. The lowest BCUT2D eigenvalue weighted by molar-refractivity contribution is -0.144. The molecule has 1 aromatic heterocycles. The summed E-state index contributed by atoms with van der Waals surface area (Å²) in [5.41, 5.74) is 9.03. The van der Waals surface area contributed by atoms with Crippen molar-refractivity contribution in [1.29, 1.82) is 0 Å². The molecule has 0 aliphatic rings.